The Morgan fingerprint density at radius 3 is 2.76 bits per heavy atom. The molecule has 1 aliphatic heterocycles. The fourth-order valence-corrected chi connectivity index (χ4v) is 3.37. The van der Waals surface area contributed by atoms with E-state index in [4.69, 9.17) is 4.52 Å². The minimum Gasteiger partial charge on any atom is -0.361 e. The normalized spacial score (nSPS) is 16.1. The molecule has 0 spiro atoms. The average Bonchev–Trinajstić information content (AvgIpc) is 2.97. The number of carbonyl (C=O) groups excluding carboxylic acids is 1. The summed E-state index contributed by atoms with van der Waals surface area (Å²) in [6, 6.07) is 5.74. The van der Waals surface area contributed by atoms with E-state index in [0.717, 1.165) is 56.0 Å². The number of aryl methyl sites for hydroxylation is 2. The van der Waals surface area contributed by atoms with E-state index in [-0.39, 0.29) is 11.8 Å². The van der Waals surface area contributed by atoms with Crippen LogP contribution in [0.4, 0.5) is 0 Å². The number of pyridine rings is 1. The van der Waals surface area contributed by atoms with E-state index in [1.54, 1.807) is 6.20 Å². The number of piperidine rings is 1. The van der Waals surface area contributed by atoms with Crippen molar-refractivity contribution in [1.29, 1.82) is 0 Å². The topological polar surface area (TPSA) is 71.3 Å². The van der Waals surface area contributed by atoms with Gasteiger partial charge in [-0.3, -0.25) is 9.78 Å². The highest BCUT2D eigenvalue weighted by molar-refractivity contribution is 5.78. The first-order valence-electron chi connectivity index (χ1n) is 8.95. The lowest BCUT2D eigenvalue weighted by Crippen LogP contribution is -2.41. The molecule has 1 amide bonds. The van der Waals surface area contributed by atoms with Crippen LogP contribution < -0.4 is 5.32 Å². The molecule has 3 rings (SSSR count). The van der Waals surface area contributed by atoms with Crippen LogP contribution in [0.5, 0.6) is 0 Å². The maximum absolute atomic E-state index is 12.3. The van der Waals surface area contributed by atoms with E-state index in [1.807, 2.05) is 32.0 Å². The summed E-state index contributed by atoms with van der Waals surface area (Å²) >= 11 is 0. The number of likely N-dealkylation sites (tertiary alicyclic amines) is 1. The highest BCUT2D eigenvalue weighted by Crippen LogP contribution is 2.19. The molecule has 6 nitrogen and oxygen atoms in total. The molecule has 6 heteroatoms. The van der Waals surface area contributed by atoms with Crippen molar-refractivity contribution in [3.63, 3.8) is 0 Å². The third-order valence-corrected chi connectivity index (χ3v) is 4.99. The SMILES string of the molecule is Cc1noc(C)c1CCN1CCC(C(=O)NCc2ccccn2)CC1. The number of hydrogen-bond donors (Lipinski definition) is 1. The van der Waals surface area contributed by atoms with Gasteiger partial charge in [0.25, 0.3) is 0 Å². The van der Waals surface area contributed by atoms with Crippen molar-refractivity contribution in [1.82, 2.24) is 20.4 Å². The third-order valence-electron chi connectivity index (χ3n) is 4.99. The van der Waals surface area contributed by atoms with Crippen LogP contribution in [0.25, 0.3) is 0 Å². The standard InChI is InChI=1S/C19H26N4O2/c1-14-18(15(2)25-22-14)8-12-23-10-6-16(7-11-23)19(24)21-13-17-5-3-4-9-20-17/h3-5,9,16H,6-8,10-13H2,1-2H3,(H,21,24). The quantitative estimate of drug-likeness (QED) is 0.872. The summed E-state index contributed by atoms with van der Waals surface area (Å²) < 4.78 is 5.22. The third kappa shape index (κ3) is 4.66. The Balaban J connectivity index is 1.40. The fourth-order valence-electron chi connectivity index (χ4n) is 3.37. The van der Waals surface area contributed by atoms with Crippen molar-refractivity contribution in [3.05, 3.63) is 47.1 Å². The largest absolute Gasteiger partial charge is 0.361 e. The first-order chi connectivity index (χ1) is 12.1. The Morgan fingerprint density at radius 1 is 1.32 bits per heavy atom. The zero-order valence-electron chi connectivity index (χ0n) is 15.0. The highest BCUT2D eigenvalue weighted by atomic mass is 16.5. The van der Waals surface area contributed by atoms with Crippen molar-refractivity contribution in [3.8, 4) is 0 Å². The lowest BCUT2D eigenvalue weighted by Gasteiger charge is -2.31. The molecule has 2 aromatic heterocycles. The number of rotatable bonds is 6. The molecule has 0 saturated carbocycles. The van der Waals surface area contributed by atoms with Crippen molar-refractivity contribution >= 4 is 5.91 Å². The molecule has 1 N–H and O–H groups in total. The van der Waals surface area contributed by atoms with Crippen molar-refractivity contribution in [2.75, 3.05) is 19.6 Å². The summed E-state index contributed by atoms with van der Waals surface area (Å²) in [7, 11) is 0. The maximum atomic E-state index is 12.3. The summed E-state index contributed by atoms with van der Waals surface area (Å²) in [6.45, 7) is 7.38. The van der Waals surface area contributed by atoms with Crippen LogP contribution in [0.2, 0.25) is 0 Å². The minimum atomic E-state index is 0.110. The van der Waals surface area contributed by atoms with Gasteiger partial charge < -0.3 is 14.7 Å². The molecule has 0 aromatic carbocycles. The molecule has 0 bridgehead atoms. The van der Waals surface area contributed by atoms with Crippen LogP contribution in [0.15, 0.2) is 28.9 Å². The van der Waals surface area contributed by atoms with E-state index in [2.05, 4.69) is 20.4 Å². The average molecular weight is 342 g/mol. The Labute approximate surface area is 148 Å². The molecule has 0 unspecified atom stereocenters. The molecule has 3 heterocycles. The van der Waals surface area contributed by atoms with E-state index in [0.29, 0.717) is 6.54 Å². The zero-order valence-corrected chi connectivity index (χ0v) is 15.0. The molecule has 2 aromatic rings. The molecular weight excluding hydrogens is 316 g/mol. The molecule has 1 saturated heterocycles. The van der Waals surface area contributed by atoms with Gasteiger partial charge >= 0.3 is 0 Å². The predicted molar refractivity (Wildman–Crippen MR) is 94.9 cm³/mol. The van der Waals surface area contributed by atoms with Crippen molar-refractivity contribution in [2.45, 2.75) is 39.7 Å². The molecule has 0 atom stereocenters. The summed E-state index contributed by atoms with van der Waals surface area (Å²) in [5.74, 6) is 1.18. The maximum Gasteiger partial charge on any atom is 0.223 e. The van der Waals surface area contributed by atoms with E-state index in [1.165, 1.54) is 5.56 Å². The van der Waals surface area contributed by atoms with Gasteiger partial charge in [0.15, 0.2) is 0 Å². The van der Waals surface area contributed by atoms with Crippen LogP contribution in [0, 0.1) is 19.8 Å². The predicted octanol–water partition coefficient (Wildman–Crippen LogP) is 2.26. The van der Waals surface area contributed by atoms with Crippen molar-refractivity contribution in [2.24, 2.45) is 5.92 Å². The number of nitrogens with zero attached hydrogens (tertiary/aromatic N) is 3. The summed E-state index contributed by atoms with van der Waals surface area (Å²) in [6.07, 6.45) is 4.53. The van der Waals surface area contributed by atoms with Crippen LogP contribution in [0.3, 0.4) is 0 Å². The number of carbonyl (C=O) groups is 1. The van der Waals surface area contributed by atoms with Crippen LogP contribution in [-0.2, 0) is 17.8 Å². The van der Waals surface area contributed by atoms with Gasteiger partial charge in [0, 0.05) is 24.2 Å². The molecule has 134 valence electrons. The minimum absolute atomic E-state index is 0.110. The summed E-state index contributed by atoms with van der Waals surface area (Å²) in [4.78, 5) is 19.0. The lowest BCUT2D eigenvalue weighted by molar-refractivity contribution is -0.126. The van der Waals surface area contributed by atoms with Gasteiger partial charge in [-0.15, -0.1) is 0 Å². The Hall–Kier alpha value is -2.21. The Bertz CT molecular complexity index is 671. The van der Waals surface area contributed by atoms with Gasteiger partial charge in [-0.05, 0) is 58.3 Å². The number of hydrogen-bond acceptors (Lipinski definition) is 5. The van der Waals surface area contributed by atoms with E-state index < -0.39 is 0 Å². The number of amides is 1. The Kier molecular flexibility index (Phi) is 5.81. The van der Waals surface area contributed by atoms with E-state index in [9.17, 15) is 4.79 Å². The molecule has 0 radical (unpaired) electrons. The Morgan fingerprint density at radius 2 is 2.12 bits per heavy atom. The summed E-state index contributed by atoms with van der Waals surface area (Å²) in [5.41, 5.74) is 3.10. The van der Waals surface area contributed by atoms with Gasteiger partial charge in [0.05, 0.1) is 17.9 Å². The van der Waals surface area contributed by atoms with Gasteiger partial charge in [-0.25, -0.2) is 0 Å². The number of aromatic nitrogens is 2. The lowest BCUT2D eigenvalue weighted by atomic mass is 9.95. The van der Waals surface area contributed by atoms with Crippen LogP contribution in [-0.4, -0.2) is 40.6 Å². The first-order valence-corrected chi connectivity index (χ1v) is 8.95. The second-order valence-electron chi connectivity index (χ2n) is 6.71. The smallest absolute Gasteiger partial charge is 0.223 e. The molecule has 0 aliphatic carbocycles. The summed E-state index contributed by atoms with van der Waals surface area (Å²) in [5, 5.41) is 7.02. The fraction of sp³-hybridized carbons (Fsp3) is 0.526. The van der Waals surface area contributed by atoms with Crippen LogP contribution in [0.1, 0.15) is 35.6 Å². The van der Waals surface area contributed by atoms with E-state index >= 15 is 0 Å². The van der Waals surface area contributed by atoms with Gasteiger partial charge in [-0.1, -0.05) is 11.2 Å². The van der Waals surface area contributed by atoms with Gasteiger partial charge in [0.2, 0.25) is 5.91 Å². The second kappa shape index (κ2) is 8.25. The molecule has 1 aliphatic rings. The monoisotopic (exact) mass is 342 g/mol. The molecule has 1 fully saturated rings. The van der Waals surface area contributed by atoms with Gasteiger partial charge in [0.1, 0.15) is 5.76 Å². The first kappa shape index (κ1) is 17.6. The second-order valence-corrected chi connectivity index (χ2v) is 6.71. The molecule has 25 heavy (non-hydrogen) atoms. The van der Waals surface area contributed by atoms with Crippen LogP contribution >= 0.6 is 0 Å². The number of nitrogens with one attached hydrogen (secondary N) is 1. The zero-order chi connectivity index (χ0) is 17.6. The highest BCUT2D eigenvalue weighted by Gasteiger charge is 2.25. The molecular formula is C19H26N4O2. The van der Waals surface area contributed by atoms with Crippen molar-refractivity contribution < 1.29 is 9.32 Å². The van der Waals surface area contributed by atoms with Gasteiger partial charge in [-0.2, -0.15) is 0 Å².